The summed E-state index contributed by atoms with van der Waals surface area (Å²) in [5, 5.41) is 21.6. The molecule has 25 heavy (non-hydrogen) atoms. The largest absolute Gasteiger partial charge is 0.391 e. The van der Waals surface area contributed by atoms with Crippen LogP contribution in [0.3, 0.4) is 0 Å². The van der Waals surface area contributed by atoms with Crippen molar-refractivity contribution in [3.05, 3.63) is 41.5 Å². The van der Waals surface area contributed by atoms with Crippen LogP contribution in [0.25, 0.3) is 0 Å². The van der Waals surface area contributed by atoms with Gasteiger partial charge >= 0.3 is 0 Å². The van der Waals surface area contributed by atoms with E-state index in [0.29, 0.717) is 25.3 Å². The number of halogens is 1. The normalized spacial score (nSPS) is 22.0. The molecule has 1 amide bonds. The van der Waals surface area contributed by atoms with E-state index >= 15 is 0 Å². The van der Waals surface area contributed by atoms with Crippen LogP contribution in [0.5, 0.6) is 0 Å². The first kappa shape index (κ1) is 17.5. The van der Waals surface area contributed by atoms with Crippen LogP contribution in [0.1, 0.15) is 30.8 Å². The molecule has 3 unspecified atom stereocenters. The zero-order valence-electron chi connectivity index (χ0n) is 14.3. The molecule has 1 saturated heterocycles. The molecular formula is C17H22FN5O2. The fraction of sp³-hybridized carbons (Fsp3) is 0.529. The van der Waals surface area contributed by atoms with Gasteiger partial charge < -0.3 is 10.0 Å². The summed E-state index contributed by atoms with van der Waals surface area (Å²) < 4.78 is 14.6. The number of aromatic nitrogens is 4. The van der Waals surface area contributed by atoms with Gasteiger partial charge in [-0.25, -0.2) is 9.07 Å². The standard InChI is InChI=1S/C17H22FN5O2/c1-11-7-8-22(10-16(11)24)17(25)15(23-12(2)19-20-21-23)9-13-3-5-14(18)6-4-13/h3-6,11,15-16,24H,7-10H2,1-2H3. The minimum atomic E-state index is -0.624. The molecule has 1 aromatic carbocycles. The monoisotopic (exact) mass is 347 g/mol. The van der Waals surface area contributed by atoms with Crippen molar-refractivity contribution < 1.29 is 14.3 Å². The molecular weight excluding hydrogens is 325 g/mol. The lowest BCUT2D eigenvalue weighted by atomic mass is 9.95. The minimum absolute atomic E-state index is 0.134. The Labute approximate surface area is 145 Å². The molecule has 0 saturated carbocycles. The molecule has 2 heterocycles. The predicted octanol–water partition coefficient (Wildman–Crippen LogP) is 1.13. The van der Waals surface area contributed by atoms with Crippen molar-refractivity contribution in [3.8, 4) is 0 Å². The Kier molecular flexibility index (Phi) is 5.08. The van der Waals surface area contributed by atoms with Crippen LogP contribution in [0, 0.1) is 18.7 Å². The van der Waals surface area contributed by atoms with Crippen LogP contribution in [-0.4, -0.2) is 55.3 Å². The maximum atomic E-state index is 13.2. The van der Waals surface area contributed by atoms with Gasteiger partial charge in [0.2, 0.25) is 5.91 Å². The molecule has 0 spiro atoms. The van der Waals surface area contributed by atoms with Gasteiger partial charge in [0.05, 0.1) is 6.10 Å². The molecule has 0 aliphatic carbocycles. The lowest BCUT2D eigenvalue weighted by Crippen LogP contribution is -2.48. The van der Waals surface area contributed by atoms with Crippen LogP contribution < -0.4 is 0 Å². The molecule has 1 fully saturated rings. The number of aliphatic hydroxyl groups is 1. The van der Waals surface area contributed by atoms with E-state index in [1.54, 1.807) is 24.0 Å². The van der Waals surface area contributed by atoms with Crippen LogP contribution in [0.15, 0.2) is 24.3 Å². The Hall–Kier alpha value is -2.35. The van der Waals surface area contributed by atoms with Crippen LogP contribution in [-0.2, 0) is 11.2 Å². The van der Waals surface area contributed by atoms with Gasteiger partial charge in [0.1, 0.15) is 17.7 Å². The second-order valence-corrected chi connectivity index (χ2v) is 6.63. The van der Waals surface area contributed by atoms with Gasteiger partial charge in [0.15, 0.2) is 0 Å². The number of piperidine rings is 1. The number of benzene rings is 1. The number of β-amino-alcohol motifs (C(OH)–C–C–N with tert-alkyl or cyclic N) is 1. The molecule has 3 rings (SSSR count). The zero-order valence-corrected chi connectivity index (χ0v) is 14.3. The average Bonchev–Trinajstić information content (AvgIpc) is 3.02. The molecule has 134 valence electrons. The quantitative estimate of drug-likeness (QED) is 0.896. The number of aliphatic hydroxyl groups excluding tert-OH is 1. The summed E-state index contributed by atoms with van der Waals surface area (Å²) >= 11 is 0. The maximum absolute atomic E-state index is 13.2. The summed E-state index contributed by atoms with van der Waals surface area (Å²) in [6, 6.07) is 5.43. The van der Waals surface area contributed by atoms with Crippen molar-refractivity contribution >= 4 is 5.91 Å². The first-order chi connectivity index (χ1) is 12.0. The second-order valence-electron chi connectivity index (χ2n) is 6.63. The summed E-state index contributed by atoms with van der Waals surface area (Å²) in [6.45, 7) is 4.62. The first-order valence-corrected chi connectivity index (χ1v) is 8.41. The number of carbonyl (C=O) groups is 1. The molecule has 1 aliphatic heterocycles. The number of carbonyl (C=O) groups excluding carboxylic acids is 1. The van der Waals surface area contributed by atoms with E-state index < -0.39 is 12.1 Å². The minimum Gasteiger partial charge on any atom is -0.391 e. The van der Waals surface area contributed by atoms with E-state index in [1.165, 1.54) is 16.8 Å². The maximum Gasteiger partial charge on any atom is 0.248 e. The van der Waals surface area contributed by atoms with Crippen LogP contribution in [0.4, 0.5) is 4.39 Å². The van der Waals surface area contributed by atoms with Gasteiger partial charge in [0, 0.05) is 19.5 Å². The van der Waals surface area contributed by atoms with E-state index in [2.05, 4.69) is 15.5 Å². The van der Waals surface area contributed by atoms with Crippen molar-refractivity contribution in [3.63, 3.8) is 0 Å². The van der Waals surface area contributed by atoms with E-state index in [4.69, 9.17) is 0 Å². The first-order valence-electron chi connectivity index (χ1n) is 8.41. The molecule has 8 heteroatoms. The van der Waals surface area contributed by atoms with Gasteiger partial charge in [-0.1, -0.05) is 19.1 Å². The number of nitrogens with zero attached hydrogens (tertiary/aromatic N) is 5. The third kappa shape index (κ3) is 3.84. The highest BCUT2D eigenvalue weighted by atomic mass is 19.1. The number of aryl methyl sites for hydroxylation is 1. The third-order valence-electron chi connectivity index (χ3n) is 4.81. The summed E-state index contributed by atoms with van der Waals surface area (Å²) in [4.78, 5) is 14.8. The highest BCUT2D eigenvalue weighted by Crippen LogP contribution is 2.23. The summed E-state index contributed by atoms with van der Waals surface area (Å²) in [5.74, 6) is 0.254. The fourth-order valence-electron chi connectivity index (χ4n) is 3.11. The van der Waals surface area contributed by atoms with Gasteiger partial charge in [0.25, 0.3) is 0 Å². The summed E-state index contributed by atoms with van der Waals surface area (Å²) in [7, 11) is 0. The highest BCUT2D eigenvalue weighted by Gasteiger charge is 2.33. The lowest BCUT2D eigenvalue weighted by Gasteiger charge is -2.36. The molecule has 1 N–H and O–H groups in total. The molecule has 0 bridgehead atoms. The SMILES string of the molecule is Cc1nnnn1C(Cc1ccc(F)cc1)C(=O)N1CCC(C)C(O)C1. The van der Waals surface area contributed by atoms with E-state index in [9.17, 15) is 14.3 Å². The number of hydrogen-bond acceptors (Lipinski definition) is 5. The van der Waals surface area contributed by atoms with Gasteiger partial charge in [-0.05, 0) is 47.4 Å². The molecule has 2 aromatic rings. The summed E-state index contributed by atoms with van der Waals surface area (Å²) in [6.07, 6.45) is 0.580. The number of rotatable bonds is 4. The van der Waals surface area contributed by atoms with Crippen molar-refractivity contribution in [2.45, 2.75) is 38.8 Å². The molecule has 1 aliphatic rings. The Bertz CT molecular complexity index is 733. The van der Waals surface area contributed by atoms with E-state index in [0.717, 1.165) is 12.0 Å². The fourth-order valence-corrected chi connectivity index (χ4v) is 3.11. The average molecular weight is 347 g/mol. The lowest BCUT2D eigenvalue weighted by molar-refractivity contribution is -0.139. The molecule has 0 radical (unpaired) electrons. The Morgan fingerprint density at radius 3 is 2.72 bits per heavy atom. The summed E-state index contributed by atoms with van der Waals surface area (Å²) in [5.41, 5.74) is 0.820. The Morgan fingerprint density at radius 1 is 1.40 bits per heavy atom. The molecule has 1 aromatic heterocycles. The molecule has 7 nitrogen and oxygen atoms in total. The van der Waals surface area contributed by atoms with E-state index in [-0.39, 0.29) is 17.6 Å². The van der Waals surface area contributed by atoms with E-state index in [1.807, 2.05) is 6.92 Å². The van der Waals surface area contributed by atoms with Crippen molar-refractivity contribution in [1.29, 1.82) is 0 Å². The number of tetrazole rings is 1. The highest BCUT2D eigenvalue weighted by molar-refractivity contribution is 5.81. The predicted molar refractivity (Wildman–Crippen MR) is 88.1 cm³/mol. The second kappa shape index (κ2) is 7.26. The topological polar surface area (TPSA) is 84.1 Å². The number of likely N-dealkylation sites (tertiary alicyclic amines) is 1. The van der Waals surface area contributed by atoms with Crippen molar-refractivity contribution in [1.82, 2.24) is 25.1 Å². The van der Waals surface area contributed by atoms with Gasteiger partial charge in [-0.3, -0.25) is 4.79 Å². The van der Waals surface area contributed by atoms with Gasteiger partial charge in [-0.15, -0.1) is 5.10 Å². The molecule has 3 atom stereocenters. The smallest absolute Gasteiger partial charge is 0.248 e. The number of amides is 1. The Balaban J connectivity index is 1.84. The van der Waals surface area contributed by atoms with Crippen LogP contribution >= 0.6 is 0 Å². The Morgan fingerprint density at radius 2 is 2.12 bits per heavy atom. The van der Waals surface area contributed by atoms with Gasteiger partial charge in [-0.2, -0.15) is 0 Å². The number of hydrogen-bond donors (Lipinski definition) is 1. The van der Waals surface area contributed by atoms with Crippen molar-refractivity contribution in [2.24, 2.45) is 5.92 Å². The van der Waals surface area contributed by atoms with Crippen molar-refractivity contribution in [2.75, 3.05) is 13.1 Å². The van der Waals surface area contributed by atoms with Crippen LogP contribution in [0.2, 0.25) is 0 Å². The third-order valence-corrected chi connectivity index (χ3v) is 4.81. The zero-order chi connectivity index (χ0) is 18.0.